The molecule has 0 aliphatic carbocycles. The monoisotopic (exact) mass is 336 g/mol. The molecule has 0 spiro atoms. The van der Waals surface area contributed by atoms with Crippen LogP contribution in [0.25, 0.3) is 0 Å². The van der Waals surface area contributed by atoms with Crippen molar-refractivity contribution in [3.8, 4) is 17.2 Å². The summed E-state index contributed by atoms with van der Waals surface area (Å²) in [6.07, 6.45) is 2.23. The summed E-state index contributed by atoms with van der Waals surface area (Å²) in [4.78, 5) is 14.4. The van der Waals surface area contributed by atoms with Crippen molar-refractivity contribution in [1.82, 2.24) is 10.2 Å². The van der Waals surface area contributed by atoms with E-state index in [0.717, 1.165) is 31.6 Å². The van der Waals surface area contributed by atoms with Gasteiger partial charge in [-0.3, -0.25) is 4.79 Å². The van der Waals surface area contributed by atoms with Gasteiger partial charge in [0.2, 0.25) is 11.7 Å². The number of aryl methyl sites for hydroxylation is 1. The van der Waals surface area contributed by atoms with Crippen LogP contribution in [0.3, 0.4) is 0 Å². The van der Waals surface area contributed by atoms with E-state index in [9.17, 15) is 4.79 Å². The fourth-order valence-electron chi connectivity index (χ4n) is 3.20. The third kappa shape index (κ3) is 4.32. The van der Waals surface area contributed by atoms with Gasteiger partial charge in [0, 0.05) is 19.5 Å². The topological polar surface area (TPSA) is 60.0 Å². The highest BCUT2D eigenvalue weighted by Gasteiger charge is 2.25. The Hall–Kier alpha value is -1.95. The van der Waals surface area contributed by atoms with Crippen molar-refractivity contribution in [2.24, 2.45) is 5.92 Å². The highest BCUT2D eigenvalue weighted by molar-refractivity contribution is 5.76. The smallest absolute Gasteiger partial charge is 0.222 e. The lowest BCUT2D eigenvalue weighted by Crippen LogP contribution is -2.30. The summed E-state index contributed by atoms with van der Waals surface area (Å²) in [6.45, 7) is 2.69. The second kappa shape index (κ2) is 8.78. The van der Waals surface area contributed by atoms with Crippen molar-refractivity contribution in [3.63, 3.8) is 0 Å². The molecule has 1 atom stereocenters. The van der Waals surface area contributed by atoms with E-state index in [1.54, 1.807) is 21.3 Å². The predicted octanol–water partition coefficient (Wildman–Crippen LogP) is 1.71. The third-order valence-electron chi connectivity index (χ3n) is 4.48. The van der Waals surface area contributed by atoms with Crippen molar-refractivity contribution >= 4 is 5.91 Å². The second-order valence-electron chi connectivity index (χ2n) is 6.09. The minimum absolute atomic E-state index is 0.211. The highest BCUT2D eigenvalue weighted by atomic mass is 16.5. The molecule has 0 aromatic heterocycles. The van der Waals surface area contributed by atoms with Gasteiger partial charge in [0.15, 0.2) is 11.5 Å². The fraction of sp³-hybridized carbons (Fsp3) is 0.611. The van der Waals surface area contributed by atoms with Crippen LogP contribution in [0.4, 0.5) is 0 Å². The van der Waals surface area contributed by atoms with Crippen LogP contribution in [0.15, 0.2) is 12.1 Å². The average Bonchev–Trinajstić information content (AvgIpc) is 3.07. The van der Waals surface area contributed by atoms with Crippen LogP contribution in [-0.4, -0.2) is 58.8 Å². The zero-order valence-corrected chi connectivity index (χ0v) is 15.1. The summed E-state index contributed by atoms with van der Waals surface area (Å²) in [5.74, 6) is 2.59. The molecule has 6 heteroatoms. The molecule has 6 nitrogen and oxygen atoms in total. The number of methoxy groups -OCH3 is 3. The lowest BCUT2D eigenvalue weighted by atomic mass is 10.1. The number of amides is 1. The number of rotatable bonds is 8. The van der Waals surface area contributed by atoms with Crippen LogP contribution in [-0.2, 0) is 11.2 Å². The molecule has 1 fully saturated rings. The zero-order chi connectivity index (χ0) is 17.5. The van der Waals surface area contributed by atoms with Gasteiger partial charge in [-0.25, -0.2) is 0 Å². The number of hydrogen-bond donors (Lipinski definition) is 1. The molecule has 1 unspecified atom stereocenters. The minimum Gasteiger partial charge on any atom is -0.493 e. The zero-order valence-electron chi connectivity index (χ0n) is 15.1. The molecule has 1 N–H and O–H groups in total. The molecule has 1 aromatic carbocycles. The molecule has 0 saturated carbocycles. The van der Waals surface area contributed by atoms with Crippen LogP contribution in [0.1, 0.15) is 18.4 Å². The number of nitrogens with one attached hydrogen (secondary N) is 1. The molecule has 0 bridgehead atoms. The molecular weight excluding hydrogens is 308 g/mol. The van der Waals surface area contributed by atoms with E-state index in [-0.39, 0.29) is 5.91 Å². The lowest BCUT2D eigenvalue weighted by Gasteiger charge is -2.17. The maximum Gasteiger partial charge on any atom is 0.222 e. The van der Waals surface area contributed by atoms with Crippen LogP contribution >= 0.6 is 0 Å². The van der Waals surface area contributed by atoms with Crippen LogP contribution in [0, 0.1) is 5.92 Å². The number of nitrogens with zero attached hydrogens (tertiary/aromatic N) is 1. The van der Waals surface area contributed by atoms with Gasteiger partial charge in [-0.2, -0.15) is 0 Å². The van der Waals surface area contributed by atoms with Crippen molar-refractivity contribution in [2.45, 2.75) is 19.3 Å². The van der Waals surface area contributed by atoms with Crippen molar-refractivity contribution in [3.05, 3.63) is 17.7 Å². The summed E-state index contributed by atoms with van der Waals surface area (Å²) < 4.78 is 16.0. The fourth-order valence-corrected chi connectivity index (χ4v) is 3.20. The Morgan fingerprint density at radius 1 is 1.21 bits per heavy atom. The minimum atomic E-state index is 0.211. The molecular formula is C18H28N2O4. The van der Waals surface area contributed by atoms with E-state index in [0.29, 0.717) is 36.0 Å². The summed E-state index contributed by atoms with van der Waals surface area (Å²) in [5.41, 5.74) is 1.00. The molecule has 1 aromatic rings. The van der Waals surface area contributed by atoms with E-state index in [1.165, 1.54) is 0 Å². The average molecular weight is 336 g/mol. The van der Waals surface area contributed by atoms with Gasteiger partial charge in [0.1, 0.15) is 0 Å². The number of carbonyl (C=O) groups is 1. The SMILES string of the molecule is CNCC1CCN(C(=O)CCc2cc(OC)c(OC)c(OC)c2)C1. The first-order valence-electron chi connectivity index (χ1n) is 8.34. The van der Waals surface area contributed by atoms with Crippen LogP contribution in [0.2, 0.25) is 0 Å². The number of likely N-dealkylation sites (tertiary alicyclic amines) is 1. The van der Waals surface area contributed by atoms with Crippen LogP contribution in [0.5, 0.6) is 17.2 Å². The Balaban J connectivity index is 1.98. The maximum atomic E-state index is 12.4. The van der Waals surface area contributed by atoms with Gasteiger partial charge in [0.25, 0.3) is 0 Å². The molecule has 1 heterocycles. The van der Waals surface area contributed by atoms with E-state index < -0.39 is 0 Å². The van der Waals surface area contributed by atoms with Gasteiger partial charge in [-0.1, -0.05) is 0 Å². The van der Waals surface area contributed by atoms with Gasteiger partial charge in [-0.05, 0) is 50.0 Å². The lowest BCUT2D eigenvalue weighted by molar-refractivity contribution is -0.130. The highest BCUT2D eigenvalue weighted by Crippen LogP contribution is 2.38. The Morgan fingerprint density at radius 2 is 1.88 bits per heavy atom. The first kappa shape index (κ1) is 18.4. The molecule has 2 rings (SSSR count). The van der Waals surface area contributed by atoms with Crippen molar-refractivity contribution in [1.29, 1.82) is 0 Å². The predicted molar refractivity (Wildman–Crippen MR) is 93.0 cm³/mol. The first-order valence-corrected chi connectivity index (χ1v) is 8.34. The van der Waals surface area contributed by atoms with Gasteiger partial charge in [0.05, 0.1) is 21.3 Å². The van der Waals surface area contributed by atoms with E-state index in [4.69, 9.17) is 14.2 Å². The summed E-state index contributed by atoms with van der Waals surface area (Å²) in [7, 11) is 6.73. The molecule has 1 aliphatic rings. The van der Waals surface area contributed by atoms with E-state index >= 15 is 0 Å². The number of carbonyl (C=O) groups excluding carboxylic acids is 1. The third-order valence-corrected chi connectivity index (χ3v) is 4.48. The normalized spacial score (nSPS) is 17.0. The molecule has 24 heavy (non-hydrogen) atoms. The first-order chi connectivity index (χ1) is 11.6. The van der Waals surface area contributed by atoms with E-state index in [2.05, 4.69) is 5.32 Å². The van der Waals surface area contributed by atoms with Crippen molar-refractivity contribution in [2.75, 3.05) is 48.0 Å². The van der Waals surface area contributed by atoms with Gasteiger partial charge < -0.3 is 24.4 Å². The Labute approximate surface area is 144 Å². The van der Waals surface area contributed by atoms with Crippen LogP contribution < -0.4 is 19.5 Å². The molecule has 1 amide bonds. The molecule has 1 aliphatic heterocycles. The molecule has 134 valence electrons. The Morgan fingerprint density at radius 3 is 2.42 bits per heavy atom. The maximum absolute atomic E-state index is 12.4. The second-order valence-corrected chi connectivity index (χ2v) is 6.09. The largest absolute Gasteiger partial charge is 0.493 e. The standard InChI is InChI=1S/C18H28N2O4/c1-19-11-14-7-8-20(12-14)17(21)6-5-13-9-15(22-2)18(24-4)16(10-13)23-3/h9-10,14,19H,5-8,11-12H2,1-4H3. The Bertz CT molecular complexity index is 537. The quantitative estimate of drug-likeness (QED) is 0.783. The van der Waals surface area contributed by atoms with Crippen molar-refractivity contribution < 1.29 is 19.0 Å². The number of hydrogen-bond acceptors (Lipinski definition) is 5. The number of benzene rings is 1. The molecule has 0 radical (unpaired) electrons. The molecule has 1 saturated heterocycles. The Kier molecular flexibility index (Phi) is 6.73. The summed E-state index contributed by atoms with van der Waals surface area (Å²) >= 11 is 0. The van der Waals surface area contributed by atoms with Gasteiger partial charge >= 0.3 is 0 Å². The van der Waals surface area contributed by atoms with Gasteiger partial charge in [-0.15, -0.1) is 0 Å². The van der Waals surface area contributed by atoms with E-state index in [1.807, 2.05) is 24.1 Å². The summed E-state index contributed by atoms with van der Waals surface area (Å²) in [6, 6.07) is 3.81. The summed E-state index contributed by atoms with van der Waals surface area (Å²) in [5, 5.41) is 3.19. The number of ether oxygens (including phenoxy) is 3.